The Morgan fingerprint density at radius 2 is 2.00 bits per heavy atom. The van der Waals surface area contributed by atoms with Gasteiger partial charge >= 0.3 is 5.97 Å². The van der Waals surface area contributed by atoms with E-state index in [0.717, 1.165) is 36.7 Å². The topological polar surface area (TPSA) is 46.5 Å². The molecule has 0 amide bonds. The highest BCUT2D eigenvalue weighted by Crippen LogP contribution is 2.14. The minimum Gasteiger partial charge on any atom is -0.478 e. The summed E-state index contributed by atoms with van der Waals surface area (Å²) in [7, 11) is 0. The Balaban J connectivity index is 2.60. The standard InChI is InChI=1S/C16H22O3/c1-3-13(4-2)11-19-12-15-8-6-5-7-14(15)9-10-16(17)18/h5-10,13H,3-4,11-12H2,1-2H3,(H,17,18)/b10-9+. The fraction of sp³-hybridized carbons (Fsp3) is 0.438. The lowest BCUT2D eigenvalue weighted by Gasteiger charge is -2.13. The van der Waals surface area contributed by atoms with E-state index < -0.39 is 5.97 Å². The zero-order valence-corrected chi connectivity index (χ0v) is 11.6. The highest BCUT2D eigenvalue weighted by molar-refractivity contribution is 5.85. The molecule has 0 atom stereocenters. The van der Waals surface area contributed by atoms with Crippen molar-refractivity contribution in [2.75, 3.05) is 6.61 Å². The summed E-state index contributed by atoms with van der Waals surface area (Å²) in [6.07, 6.45) is 5.01. The number of carboxylic acids is 1. The fourth-order valence-corrected chi connectivity index (χ4v) is 1.85. The molecule has 0 saturated heterocycles. The Kier molecular flexibility index (Phi) is 6.90. The molecule has 0 fully saturated rings. The van der Waals surface area contributed by atoms with Crippen LogP contribution in [0.25, 0.3) is 6.08 Å². The lowest BCUT2D eigenvalue weighted by Crippen LogP contribution is -2.08. The van der Waals surface area contributed by atoms with Crippen molar-refractivity contribution in [1.82, 2.24) is 0 Å². The van der Waals surface area contributed by atoms with Crippen molar-refractivity contribution in [3.05, 3.63) is 41.5 Å². The van der Waals surface area contributed by atoms with E-state index in [1.807, 2.05) is 24.3 Å². The summed E-state index contributed by atoms with van der Waals surface area (Å²) in [6.45, 7) is 5.61. The third kappa shape index (κ3) is 5.71. The lowest BCUT2D eigenvalue weighted by atomic mass is 10.1. The molecular formula is C16H22O3. The zero-order chi connectivity index (χ0) is 14.1. The molecule has 0 aliphatic heterocycles. The molecule has 0 spiro atoms. The predicted molar refractivity (Wildman–Crippen MR) is 76.8 cm³/mol. The average Bonchev–Trinajstić information content (AvgIpc) is 2.42. The van der Waals surface area contributed by atoms with Gasteiger partial charge < -0.3 is 9.84 Å². The van der Waals surface area contributed by atoms with E-state index in [2.05, 4.69) is 13.8 Å². The van der Waals surface area contributed by atoms with Crippen LogP contribution in [0.1, 0.15) is 37.8 Å². The summed E-state index contributed by atoms with van der Waals surface area (Å²) in [6, 6.07) is 7.70. The number of benzene rings is 1. The van der Waals surface area contributed by atoms with E-state index in [9.17, 15) is 4.79 Å². The molecule has 0 aromatic heterocycles. The molecule has 0 aliphatic rings. The molecule has 19 heavy (non-hydrogen) atoms. The van der Waals surface area contributed by atoms with Gasteiger partial charge in [-0.25, -0.2) is 4.79 Å². The number of hydrogen-bond donors (Lipinski definition) is 1. The van der Waals surface area contributed by atoms with Crippen LogP contribution in [0.4, 0.5) is 0 Å². The van der Waals surface area contributed by atoms with Crippen LogP contribution in [0, 0.1) is 5.92 Å². The fourth-order valence-electron chi connectivity index (χ4n) is 1.85. The van der Waals surface area contributed by atoms with Crippen LogP contribution in [0.15, 0.2) is 30.3 Å². The summed E-state index contributed by atoms with van der Waals surface area (Å²) in [5.41, 5.74) is 1.92. The normalized spacial score (nSPS) is 11.3. The third-order valence-corrected chi connectivity index (χ3v) is 3.23. The monoisotopic (exact) mass is 262 g/mol. The van der Waals surface area contributed by atoms with Crippen molar-refractivity contribution < 1.29 is 14.6 Å². The first kappa shape index (κ1) is 15.4. The second-order valence-electron chi connectivity index (χ2n) is 4.57. The largest absolute Gasteiger partial charge is 0.478 e. The summed E-state index contributed by atoms with van der Waals surface area (Å²) >= 11 is 0. The van der Waals surface area contributed by atoms with Crippen molar-refractivity contribution in [2.24, 2.45) is 5.92 Å². The van der Waals surface area contributed by atoms with Gasteiger partial charge in [-0.3, -0.25) is 0 Å². The molecule has 0 radical (unpaired) electrons. The smallest absolute Gasteiger partial charge is 0.328 e. The first-order chi connectivity index (χ1) is 9.17. The highest BCUT2D eigenvalue weighted by atomic mass is 16.5. The molecule has 1 aromatic carbocycles. The number of aliphatic carboxylic acids is 1. The van der Waals surface area contributed by atoms with Gasteiger partial charge in [0.05, 0.1) is 6.61 Å². The zero-order valence-electron chi connectivity index (χ0n) is 11.6. The van der Waals surface area contributed by atoms with Gasteiger partial charge in [0.15, 0.2) is 0 Å². The Morgan fingerprint density at radius 1 is 1.32 bits per heavy atom. The van der Waals surface area contributed by atoms with Gasteiger partial charge in [0, 0.05) is 12.7 Å². The van der Waals surface area contributed by atoms with Crippen molar-refractivity contribution in [1.29, 1.82) is 0 Å². The van der Waals surface area contributed by atoms with Crippen LogP contribution in [-0.4, -0.2) is 17.7 Å². The van der Waals surface area contributed by atoms with Crippen LogP contribution in [0.3, 0.4) is 0 Å². The number of ether oxygens (including phenoxy) is 1. The molecule has 1 rings (SSSR count). The van der Waals surface area contributed by atoms with Crippen LogP contribution in [-0.2, 0) is 16.1 Å². The molecule has 1 aromatic rings. The summed E-state index contributed by atoms with van der Waals surface area (Å²) in [5.74, 6) is -0.338. The average molecular weight is 262 g/mol. The number of carboxylic acid groups (broad SMARTS) is 1. The molecular weight excluding hydrogens is 240 g/mol. The van der Waals surface area contributed by atoms with Gasteiger partial charge in [-0.1, -0.05) is 51.0 Å². The summed E-state index contributed by atoms with van der Waals surface area (Å²) in [5, 5.41) is 8.66. The van der Waals surface area contributed by atoms with E-state index >= 15 is 0 Å². The first-order valence-electron chi connectivity index (χ1n) is 6.74. The van der Waals surface area contributed by atoms with Crippen LogP contribution in [0.5, 0.6) is 0 Å². The molecule has 0 saturated carbocycles. The first-order valence-corrected chi connectivity index (χ1v) is 6.74. The maximum atomic E-state index is 10.5. The van der Waals surface area contributed by atoms with Gasteiger partial charge in [0.2, 0.25) is 0 Å². The molecule has 3 nitrogen and oxygen atoms in total. The third-order valence-electron chi connectivity index (χ3n) is 3.23. The van der Waals surface area contributed by atoms with E-state index in [1.54, 1.807) is 6.08 Å². The van der Waals surface area contributed by atoms with E-state index in [0.29, 0.717) is 12.5 Å². The van der Waals surface area contributed by atoms with E-state index in [1.165, 1.54) is 0 Å². The van der Waals surface area contributed by atoms with Crippen LogP contribution in [0.2, 0.25) is 0 Å². The van der Waals surface area contributed by atoms with Crippen molar-refractivity contribution in [3.63, 3.8) is 0 Å². The SMILES string of the molecule is CCC(CC)COCc1ccccc1/C=C/C(=O)O. The summed E-state index contributed by atoms with van der Waals surface area (Å²) in [4.78, 5) is 10.5. The number of rotatable bonds is 8. The Hall–Kier alpha value is -1.61. The maximum absolute atomic E-state index is 10.5. The Bertz CT molecular complexity index is 420. The second kappa shape index (κ2) is 8.48. The second-order valence-corrected chi connectivity index (χ2v) is 4.57. The molecule has 0 aliphatic carbocycles. The lowest BCUT2D eigenvalue weighted by molar-refractivity contribution is -0.131. The van der Waals surface area contributed by atoms with Crippen LogP contribution >= 0.6 is 0 Å². The molecule has 1 N–H and O–H groups in total. The van der Waals surface area contributed by atoms with E-state index in [-0.39, 0.29) is 0 Å². The van der Waals surface area contributed by atoms with Crippen molar-refractivity contribution >= 4 is 12.0 Å². The Labute approximate surface area is 114 Å². The quantitative estimate of drug-likeness (QED) is 0.726. The van der Waals surface area contributed by atoms with Gasteiger partial charge in [-0.05, 0) is 23.1 Å². The number of hydrogen-bond acceptors (Lipinski definition) is 2. The van der Waals surface area contributed by atoms with Crippen molar-refractivity contribution in [2.45, 2.75) is 33.3 Å². The maximum Gasteiger partial charge on any atom is 0.328 e. The minimum atomic E-state index is -0.937. The van der Waals surface area contributed by atoms with Gasteiger partial charge in [0.1, 0.15) is 0 Å². The Morgan fingerprint density at radius 3 is 2.63 bits per heavy atom. The molecule has 0 bridgehead atoms. The minimum absolute atomic E-state index is 0.524. The highest BCUT2D eigenvalue weighted by Gasteiger charge is 2.05. The summed E-state index contributed by atoms with van der Waals surface area (Å²) < 4.78 is 5.73. The van der Waals surface area contributed by atoms with Gasteiger partial charge in [0.25, 0.3) is 0 Å². The van der Waals surface area contributed by atoms with Crippen molar-refractivity contribution in [3.8, 4) is 0 Å². The van der Waals surface area contributed by atoms with E-state index in [4.69, 9.17) is 9.84 Å². The van der Waals surface area contributed by atoms with Gasteiger partial charge in [-0.15, -0.1) is 0 Å². The molecule has 0 unspecified atom stereocenters. The molecule has 3 heteroatoms. The molecule has 104 valence electrons. The predicted octanol–water partition coefficient (Wildman–Crippen LogP) is 3.74. The van der Waals surface area contributed by atoms with Gasteiger partial charge in [-0.2, -0.15) is 0 Å². The van der Waals surface area contributed by atoms with Crippen LogP contribution < -0.4 is 0 Å². The molecule has 0 heterocycles. The number of carbonyl (C=O) groups is 1.